The molecule has 2 aromatic carbocycles. The fourth-order valence-corrected chi connectivity index (χ4v) is 6.70. The Kier molecular flexibility index (Phi) is 8.47. The number of fused-ring (bicyclic) bond motifs is 3. The average Bonchev–Trinajstić information content (AvgIpc) is 3.54. The molecule has 4 heterocycles. The normalized spacial score (nSPS) is 20.1. The molecule has 0 aliphatic carbocycles. The van der Waals surface area contributed by atoms with Gasteiger partial charge in [-0.3, -0.25) is 9.88 Å². The zero-order chi connectivity index (χ0) is 31.0. The van der Waals surface area contributed by atoms with Crippen molar-refractivity contribution in [2.45, 2.75) is 70.5 Å². The molecule has 2 aliphatic rings. The molecule has 0 radical (unpaired) electrons. The lowest BCUT2D eigenvalue weighted by atomic mass is 9.94. The summed E-state index contributed by atoms with van der Waals surface area (Å²) < 4.78 is 66.8. The molecule has 12 heteroatoms. The highest BCUT2D eigenvalue weighted by Gasteiger charge is 2.49. The van der Waals surface area contributed by atoms with Crippen molar-refractivity contribution in [2.24, 2.45) is 0 Å². The number of alkyl halides is 1. The fourth-order valence-electron chi connectivity index (χ4n) is 6.70. The number of nitrogens with one attached hydrogen (secondary N) is 2. The summed E-state index contributed by atoms with van der Waals surface area (Å²) in [6, 6.07) is 3.31. The number of pyridine rings is 1. The molecular weight excluding hydrogens is 576 g/mol. The number of ether oxygens (including phenoxy) is 1. The number of nitrogens with zero attached hydrogens (tertiary/aromatic N) is 4. The van der Waals surface area contributed by atoms with E-state index in [1.54, 1.807) is 6.92 Å². The van der Waals surface area contributed by atoms with Gasteiger partial charge in [0.2, 0.25) is 0 Å². The van der Waals surface area contributed by atoms with Gasteiger partial charge in [-0.15, -0.1) is 0 Å². The zero-order valence-corrected chi connectivity index (χ0v) is 24.8. The van der Waals surface area contributed by atoms with Crippen LogP contribution in [-0.2, 0) is 6.42 Å². The number of phenols is 1. The van der Waals surface area contributed by atoms with Crippen LogP contribution in [0, 0.1) is 17.5 Å². The Morgan fingerprint density at radius 3 is 2.75 bits per heavy atom. The highest BCUT2D eigenvalue weighted by atomic mass is 19.1. The number of unbranched alkanes of at least 4 members (excludes halogenated alkanes) is 2. The molecule has 0 bridgehead atoms. The maximum Gasteiger partial charge on any atom is 0.319 e. The number of anilines is 1. The smallest absolute Gasteiger partial charge is 0.319 e. The first-order valence-corrected chi connectivity index (χ1v) is 15.3. The Balaban J connectivity index is 1.45. The van der Waals surface area contributed by atoms with E-state index in [4.69, 9.17) is 4.74 Å². The van der Waals surface area contributed by atoms with E-state index in [0.29, 0.717) is 19.5 Å². The van der Waals surface area contributed by atoms with Gasteiger partial charge in [0.05, 0.1) is 10.9 Å². The minimum absolute atomic E-state index is 0.0309. The lowest BCUT2D eigenvalue weighted by Gasteiger charge is -2.30. The number of aromatic hydroxyl groups is 1. The second kappa shape index (κ2) is 12.3. The Labute approximate surface area is 252 Å². The van der Waals surface area contributed by atoms with E-state index in [2.05, 4.69) is 37.6 Å². The molecule has 2 atom stereocenters. The van der Waals surface area contributed by atoms with E-state index in [9.17, 15) is 18.3 Å². The highest BCUT2D eigenvalue weighted by molar-refractivity contribution is 6.02. The van der Waals surface area contributed by atoms with E-state index < -0.39 is 34.9 Å². The van der Waals surface area contributed by atoms with Gasteiger partial charge >= 0.3 is 6.01 Å². The summed E-state index contributed by atoms with van der Waals surface area (Å²) in [7, 11) is 0. The van der Waals surface area contributed by atoms with Gasteiger partial charge in [-0.1, -0.05) is 26.7 Å². The van der Waals surface area contributed by atoms with Crippen molar-refractivity contribution in [3.05, 3.63) is 47.4 Å². The van der Waals surface area contributed by atoms with Gasteiger partial charge in [0.1, 0.15) is 29.8 Å². The maximum absolute atomic E-state index is 16.5. The van der Waals surface area contributed by atoms with Crippen LogP contribution in [0.25, 0.3) is 32.9 Å². The van der Waals surface area contributed by atoms with Crippen molar-refractivity contribution >= 4 is 27.5 Å². The predicted octanol–water partition coefficient (Wildman–Crippen LogP) is 6.59. The van der Waals surface area contributed by atoms with Crippen molar-refractivity contribution in [3.63, 3.8) is 0 Å². The van der Waals surface area contributed by atoms with E-state index >= 15 is 4.39 Å². The van der Waals surface area contributed by atoms with Gasteiger partial charge < -0.3 is 15.3 Å². The molecule has 6 rings (SSSR count). The molecule has 4 aromatic rings. The van der Waals surface area contributed by atoms with Crippen LogP contribution in [0.2, 0.25) is 0 Å². The van der Waals surface area contributed by atoms with Crippen molar-refractivity contribution in [3.8, 4) is 23.0 Å². The summed E-state index contributed by atoms with van der Waals surface area (Å²) in [5, 5.41) is 10.7. The SMILES string of the molecule is CCCCCNNc1nc(OC[C@@]23CCCN2C[C@H](F)C3)nc2c(F)c(-c3cc(O)c(F)c4ccc(F)c(CC)c34)ncc12. The molecule has 2 aromatic heterocycles. The largest absolute Gasteiger partial charge is 0.505 e. The Bertz CT molecular complexity index is 1710. The van der Waals surface area contributed by atoms with Crippen LogP contribution in [0.5, 0.6) is 11.8 Å². The predicted molar refractivity (Wildman–Crippen MR) is 161 cm³/mol. The standard InChI is InChI=1S/C32H36F4N6O2/c1-3-5-6-11-38-41-30-22-15-37-28(21-13-24(43)26(35)20-8-9-23(34)19(4-2)25(20)21)27(36)29(22)39-31(40-30)44-17-32-10-7-12-42(32)16-18(33)14-32/h8-9,13,15,18,38,43H,3-7,10-12,14,16-17H2,1-2H3,(H,39,40,41)/t18-,32+/m1/s1. The number of aryl methyl sites for hydroxylation is 1. The van der Waals surface area contributed by atoms with E-state index in [-0.39, 0.29) is 63.4 Å². The molecule has 8 nitrogen and oxygen atoms in total. The molecule has 0 saturated carbocycles. The first kappa shape index (κ1) is 30.3. The molecule has 44 heavy (non-hydrogen) atoms. The third-order valence-electron chi connectivity index (χ3n) is 8.88. The second-order valence-electron chi connectivity index (χ2n) is 11.7. The Morgan fingerprint density at radius 2 is 1.95 bits per heavy atom. The summed E-state index contributed by atoms with van der Waals surface area (Å²) >= 11 is 0. The first-order valence-electron chi connectivity index (χ1n) is 15.3. The molecule has 0 amide bonds. The van der Waals surface area contributed by atoms with Crippen molar-refractivity contribution < 1.29 is 27.4 Å². The van der Waals surface area contributed by atoms with Gasteiger partial charge in [0.25, 0.3) is 0 Å². The van der Waals surface area contributed by atoms with Gasteiger partial charge in [-0.05, 0) is 56.0 Å². The molecule has 0 unspecified atom stereocenters. The lowest BCUT2D eigenvalue weighted by Crippen LogP contribution is -2.43. The molecule has 234 valence electrons. The van der Waals surface area contributed by atoms with E-state index in [1.807, 2.05) is 0 Å². The third kappa shape index (κ3) is 5.38. The minimum atomic E-state index is -0.938. The summed E-state index contributed by atoms with van der Waals surface area (Å²) in [5.74, 6) is -2.85. The summed E-state index contributed by atoms with van der Waals surface area (Å²) in [6.45, 7) is 5.74. The molecule has 2 fully saturated rings. The van der Waals surface area contributed by atoms with Crippen LogP contribution < -0.4 is 15.6 Å². The first-order chi connectivity index (χ1) is 21.3. The second-order valence-corrected chi connectivity index (χ2v) is 11.7. The van der Waals surface area contributed by atoms with E-state index in [1.165, 1.54) is 12.3 Å². The third-order valence-corrected chi connectivity index (χ3v) is 8.88. The van der Waals surface area contributed by atoms with Crippen LogP contribution in [0.1, 0.15) is 57.9 Å². The topological polar surface area (TPSA) is 95.4 Å². The fraction of sp³-hybridized carbons (Fsp3) is 0.469. The monoisotopic (exact) mass is 612 g/mol. The number of hydrazine groups is 1. The number of hydrogen-bond donors (Lipinski definition) is 3. The summed E-state index contributed by atoms with van der Waals surface area (Å²) in [6.07, 6.45) is 5.70. The van der Waals surface area contributed by atoms with Gasteiger partial charge in [-0.2, -0.15) is 9.97 Å². The van der Waals surface area contributed by atoms with Crippen LogP contribution in [-0.4, -0.2) is 62.9 Å². The minimum Gasteiger partial charge on any atom is -0.505 e. The zero-order valence-electron chi connectivity index (χ0n) is 24.8. The summed E-state index contributed by atoms with van der Waals surface area (Å²) in [4.78, 5) is 15.4. The number of aromatic nitrogens is 3. The molecule has 2 aliphatic heterocycles. The average molecular weight is 613 g/mol. The molecule has 0 spiro atoms. The van der Waals surface area contributed by atoms with Crippen molar-refractivity contribution in [1.29, 1.82) is 0 Å². The van der Waals surface area contributed by atoms with Gasteiger partial charge in [-0.25, -0.2) is 23.0 Å². The van der Waals surface area contributed by atoms with Crippen molar-refractivity contribution in [2.75, 3.05) is 31.7 Å². The number of benzene rings is 2. The van der Waals surface area contributed by atoms with Crippen molar-refractivity contribution in [1.82, 2.24) is 25.3 Å². The quantitative estimate of drug-likeness (QED) is 0.0992. The van der Waals surface area contributed by atoms with Gasteiger partial charge in [0.15, 0.2) is 23.2 Å². The van der Waals surface area contributed by atoms with E-state index in [0.717, 1.165) is 50.8 Å². The van der Waals surface area contributed by atoms with Crippen LogP contribution >= 0.6 is 0 Å². The van der Waals surface area contributed by atoms with Crippen LogP contribution in [0.3, 0.4) is 0 Å². The Hall–Kier alpha value is -3.77. The molecule has 3 N–H and O–H groups in total. The summed E-state index contributed by atoms with van der Waals surface area (Å²) in [5.41, 5.74) is 5.51. The molecular formula is C32H36F4N6O2. The lowest BCUT2D eigenvalue weighted by molar-refractivity contribution is 0.107. The van der Waals surface area contributed by atoms with Gasteiger partial charge in [0, 0.05) is 42.0 Å². The Morgan fingerprint density at radius 1 is 1.11 bits per heavy atom. The molecule has 2 saturated heterocycles. The highest BCUT2D eigenvalue weighted by Crippen LogP contribution is 2.42. The van der Waals surface area contributed by atoms with Crippen LogP contribution in [0.15, 0.2) is 24.4 Å². The number of phenolic OH excluding ortho intramolecular Hbond substituents is 1. The number of rotatable bonds is 11. The number of hydrogen-bond acceptors (Lipinski definition) is 8. The van der Waals surface area contributed by atoms with Crippen LogP contribution in [0.4, 0.5) is 23.4 Å². The maximum atomic E-state index is 16.5. The number of halogens is 4.